The summed E-state index contributed by atoms with van der Waals surface area (Å²) in [4.78, 5) is 2.42. The van der Waals surface area contributed by atoms with Crippen LogP contribution in [0.1, 0.15) is 46.5 Å². The van der Waals surface area contributed by atoms with Crippen molar-refractivity contribution in [3.8, 4) is 0 Å². The Hall–Kier alpha value is -0.0800. The fourth-order valence-electron chi connectivity index (χ4n) is 1.77. The standard InChI is InChI=1S/C11H25NO/c1-4-7-11(10-13)12(8-5-2)9-6-3/h11,13H,4-10H2,1-3H3. The minimum Gasteiger partial charge on any atom is -0.395 e. The third-order valence-electron chi connectivity index (χ3n) is 2.37. The van der Waals surface area contributed by atoms with E-state index in [1.807, 2.05) is 0 Å². The first-order valence-electron chi connectivity index (χ1n) is 5.64. The maximum atomic E-state index is 9.24. The molecule has 0 saturated heterocycles. The number of nitrogens with zero attached hydrogens (tertiary/aromatic N) is 1. The molecule has 0 bridgehead atoms. The Bertz CT molecular complexity index is 100. The molecule has 0 aromatic carbocycles. The highest BCUT2D eigenvalue weighted by atomic mass is 16.3. The monoisotopic (exact) mass is 187 g/mol. The van der Waals surface area contributed by atoms with Gasteiger partial charge in [0.1, 0.15) is 0 Å². The van der Waals surface area contributed by atoms with Crippen molar-refractivity contribution in [2.75, 3.05) is 19.7 Å². The molecule has 13 heavy (non-hydrogen) atoms. The van der Waals surface area contributed by atoms with E-state index >= 15 is 0 Å². The van der Waals surface area contributed by atoms with Crippen LogP contribution in [0.2, 0.25) is 0 Å². The van der Waals surface area contributed by atoms with Gasteiger partial charge in [-0.15, -0.1) is 0 Å². The van der Waals surface area contributed by atoms with Crippen molar-refractivity contribution < 1.29 is 5.11 Å². The SMILES string of the molecule is CCCC(CO)N(CCC)CCC. The molecule has 0 aromatic rings. The second-order valence-electron chi connectivity index (χ2n) is 3.66. The summed E-state index contributed by atoms with van der Waals surface area (Å²) in [6.45, 7) is 9.14. The van der Waals surface area contributed by atoms with Crippen molar-refractivity contribution >= 4 is 0 Å². The number of rotatable bonds is 8. The maximum Gasteiger partial charge on any atom is 0.0586 e. The summed E-state index contributed by atoms with van der Waals surface area (Å²) in [7, 11) is 0. The molecule has 2 heteroatoms. The molecule has 0 rings (SSSR count). The molecule has 1 N–H and O–H groups in total. The number of hydrogen-bond acceptors (Lipinski definition) is 2. The van der Waals surface area contributed by atoms with E-state index in [1.54, 1.807) is 0 Å². The Labute approximate surface area is 82.9 Å². The lowest BCUT2D eigenvalue weighted by atomic mass is 10.1. The van der Waals surface area contributed by atoms with E-state index < -0.39 is 0 Å². The Balaban J connectivity index is 3.94. The van der Waals surface area contributed by atoms with Gasteiger partial charge in [0.05, 0.1) is 6.61 Å². The van der Waals surface area contributed by atoms with Crippen LogP contribution in [0.5, 0.6) is 0 Å². The molecule has 0 saturated carbocycles. The molecule has 0 radical (unpaired) electrons. The molecule has 1 unspecified atom stereocenters. The summed E-state index contributed by atoms with van der Waals surface area (Å²) < 4.78 is 0. The molecule has 80 valence electrons. The summed E-state index contributed by atoms with van der Waals surface area (Å²) in [6.07, 6.45) is 4.64. The van der Waals surface area contributed by atoms with E-state index in [4.69, 9.17) is 0 Å². The van der Waals surface area contributed by atoms with E-state index in [1.165, 1.54) is 12.8 Å². The molecule has 1 atom stereocenters. The van der Waals surface area contributed by atoms with E-state index in [2.05, 4.69) is 25.7 Å². The Kier molecular flexibility index (Phi) is 8.46. The van der Waals surface area contributed by atoms with Gasteiger partial charge in [0.2, 0.25) is 0 Å². The molecule has 0 aliphatic carbocycles. The second-order valence-corrected chi connectivity index (χ2v) is 3.66. The van der Waals surface area contributed by atoms with Crippen LogP contribution in [0.25, 0.3) is 0 Å². The molecule has 2 nitrogen and oxygen atoms in total. The molecular weight excluding hydrogens is 162 g/mol. The highest BCUT2D eigenvalue weighted by Crippen LogP contribution is 2.08. The number of hydrogen-bond donors (Lipinski definition) is 1. The van der Waals surface area contributed by atoms with Gasteiger partial charge in [-0.1, -0.05) is 27.2 Å². The van der Waals surface area contributed by atoms with Crippen LogP contribution in [0, 0.1) is 0 Å². The molecule has 0 aliphatic heterocycles. The van der Waals surface area contributed by atoms with Crippen LogP contribution >= 0.6 is 0 Å². The fraction of sp³-hybridized carbons (Fsp3) is 1.00. The maximum absolute atomic E-state index is 9.24. The minimum absolute atomic E-state index is 0.313. The van der Waals surface area contributed by atoms with Crippen molar-refractivity contribution in [2.45, 2.75) is 52.5 Å². The lowest BCUT2D eigenvalue weighted by Gasteiger charge is -2.29. The predicted molar refractivity (Wildman–Crippen MR) is 57.9 cm³/mol. The van der Waals surface area contributed by atoms with Gasteiger partial charge >= 0.3 is 0 Å². The second kappa shape index (κ2) is 8.52. The largest absolute Gasteiger partial charge is 0.395 e. The van der Waals surface area contributed by atoms with E-state index in [0.29, 0.717) is 12.6 Å². The summed E-state index contributed by atoms with van der Waals surface area (Å²) >= 11 is 0. The molecule has 0 aliphatic rings. The average molecular weight is 187 g/mol. The number of aliphatic hydroxyl groups is 1. The van der Waals surface area contributed by atoms with Crippen molar-refractivity contribution in [2.24, 2.45) is 0 Å². The zero-order valence-corrected chi connectivity index (χ0v) is 9.42. The lowest BCUT2D eigenvalue weighted by Crippen LogP contribution is -2.39. The van der Waals surface area contributed by atoms with Crippen molar-refractivity contribution in [3.63, 3.8) is 0 Å². The average Bonchev–Trinajstić information content (AvgIpc) is 2.14. The van der Waals surface area contributed by atoms with Crippen LogP contribution in [-0.4, -0.2) is 35.7 Å². The fourth-order valence-corrected chi connectivity index (χ4v) is 1.77. The summed E-state index contributed by atoms with van der Waals surface area (Å²) in [5.74, 6) is 0. The van der Waals surface area contributed by atoms with Gasteiger partial charge in [0, 0.05) is 6.04 Å². The Morgan fingerprint density at radius 3 is 1.85 bits per heavy atom. The van der Waals surface area contributed by atoms with Gasteiger partial charge in [0.25, 0.3) is 0 Å². The Morgan fingerprint density at radius 1 is 1.00 bits per heavy atom. The van der Waals surface area contributed by atoms with Gasteiger partial charge in [-0.05, 0) is 32.4 Å². The summed E-state index contributed by atoms with van der Waals surface area (Å²) in [6, 6.07) is 0.393. The predicted octanol–water partition coefficient (Wildman–Crippen LogP) is 2.27. The van der Waals surface area contributed by atoms with Crippen LogP contribution in [0.4, 0.5) is 0 Å². The van der Waals surface area contributed by atoms with Crippen LogP contribution in [0.15, 0.2) is 0 Å². The molecule has 0 amide bonds. The van der Waals surface area contributed by atoms with Gasteiger partial charge < -0.3 is 5.11 Å². The number of aliphatic hydroxyl groups excluding tert-OH is 1. The smallest absolute Gasteiger partial charge is 0.0586 e. The first kappa shape index (κ1) is 12.9. The van der Waals surface area contributed by atoms with Gasteiger partial charge in [0.15, 0.2) is 0 Å². The first-order chi connectivity index (χ1) is 6.29. The van der Waals surface area contributed by atoms with Crippen molar-refractivity contribution in [1.82, 2.24) is 4.90 Å². The van der Waals surface area contributed by atoms with Gasteiger partial charge in [-0.2, -0.15) is 0 Å². The third kappa shape index (κ3) is 5.27. The summed E-state index contributed by atoms with van der Waals surface area (Å²) in [5, 5.41) is 9.24. The van der Waals surface area contributed by atoms with Crippen LogP contribution < -0.4 is 0 Å². The zero-order chi connectivity index (χ0) is 10.1. The highest BCUT2D eigenvalue weighted by Gasteiger charge is 2.14. The lowest BCUT2D eigenvalue weighted by molar-refractivity contribution is 0.115. The van der Waals surface area contributed by atoms with E-state index in [9.17, 15) is 5.11 Å². The van der Waals surface area contributed by atoms with Crippen LogP contribution in [-0.2, 0) is 0 Å². The highest BCUT2D eigenvalue weighted by molar-refractivity contribution is 4.69. The minimum atomic E-state index is 0.313. The summed E-state index contributed by atoms with van der Waals surface area (Å²) in [5.41, 5.74) is 0. The van der Waals surface area contributed by atoms with E-state index in [0.717, 1.165) is 25.9 Å². The van der Waals surface area contributed by atoms with Crippen molar-refractivity contribution in [3.05, 3.63) is 0 Å². The molecule has 0 fully saturated rings. The molecule has 0 spiro atoms. The zero-order valence-electron chi connectivity index (χ0n) is 9.42. The normalized spacial score (nSPS) is 13.6. The molecular formula is C11H25NO. The van der Waals surface area contributed by atoms with Crippen molar-refractivity contribution in [1.29, 1.82) is 0 Å². The van der Waals surface area contributed by atoms with Crippen LogP contribution in [0.3, 0.4) is 0 Å². The van der Waals surface area contributed by atoms with E-state index in [-0.39, 0.29) is 0 Å². The topological polar surface area (TPSA) is 23.5 Å². The molecule has 0 heterocycles. The first-order valence-corrected chi connectivity index (χ1v) is 5.64. The molecule has 0 aromatic heterocycles. The van der Waals surface area contributed by atoms with Gasteiger partial charge in [-0.25, -0.2) is 0 Å². The Morgan fingerprint density at radius 2 is 1.54 bits per heavy atom. The quantitative estimate of drug-likeness (QED) is 0.630. The van der Waals surface area contributed by atoms with Gasteiger partial charge in [-0.3, -0.25) is 4.90 Å². The third-order valence-corrected chi connectivity index (χ3v) is 2.37.